The number of rotatable bonds is 2. The van der Waals surface area contributed by atoms with Crippen LogP contribution < -0.4 is 0 Å². The van der Waals surface area contributed by atoms with Crippen LogP contribution in [-0.2, 0) is 0 Å². The lowest BCUT2D eigenvalue weighted by Crippen LogP contribution is -1.78. The second-order valence-electron chi connectivity index (χ2n) is 1.97. The van der Waals surface area contributed by atoms with Gasteiger partial charge in [-0.05, 0) is 24.1 Å². The van der Waals surface area contributed by atoms with Crippen molar-refractivity contribution in [1.29, 1.82) is 0 Å². The average Bonchev–Trinajstić information content (AvgIpc) is 2.37. The molecular formula is C7H12OS. The monoisotopic (exact) mass is 144 g/mol. The Kier molecular flexibility index (Phi) is 2.22. The molecule has 1 rings (SSSR count). The van der Waals surface area contributed by atoms with Gasteiger partial charge in [-0.2, -0.15) is 10.9 Å². The second-order valence-corrected chi connectivity index (χ2v) is 4.43. The van der Waals surface area contributed by atoms with Gasteiger partial charge in [0.1, 0.15) is 5.09 Å². The van der Waals surface area contributed by atoms with Crippen LogP contribution in [0.3, 0.4) is 0 Å². The molecule has 1 atom stereocenters. The molecule has 0 saturated heterocycles. The topological polar surface area (TPSA) is 13.1 Å². The van der Waals surface area contributed by atoms with E-state index < -0.39 is 0 Å². The smallest absolute Gasteiger partial charge is 0.140 e. The van der Waals surface area contributed by atoms with Crippen molar-refractivity contribution in [2.24, 2.45) is 0 Å². The van der Waals surface area contributed by atoms with Crippen molar-refractivity contribution in [1.82, 2.24) is 0 Å². The van der Waals surface area contributed by atoms with Crippen molar-refractivity contribution in [3.63, 3.8) is 0 Å². The lowest BCUT2D eigenvalue weighted by atomic mass is 10.7. The fraction of sp³-hybridized carbons (Fsp3) is 0.429. The molecule has 52 valence electrons. The SMILES string of the molecule is CC[SH](C)c1ccco1. The first-order valence-corrected chi connectivity index (χ1v) is 5.06. The molecule has 0 aliphatic heterocycles. The number of hydrogen-bond donors (Lipinski definition) is 1. The Morgan fingerprint density at radius 1 is 1.67 bits per heavy atom. The summed E-state index contributed by atoms with van der Waals surface area (Å²) in [5, 5.41) is 1.16. The van der Waals surface area contributed by atoms with Gasteiger partial charge in [0, 0.05) is 0 Å². The Labute approximate surface area is 58.4 Å². The third kappa shape index (κ3) is 1.52. The molecule has 0 saturated carbocycles. The summed E-state index contributed by atoms with van der Waals surface area (Å²) in [6.07, 6.45) is 3.97. The molecule has 1 aromatic heterocycles. The summed E-state index contributed by atoms with van der Waals surface area (Å²) >= 11 is 0. The van der Waals surface area contributed by atoms with Crippen LogP contribution in [0.5, 0.6) is 0 Å². The summed E-state index contributed by atoms with van der Waals surface area (Å²) in [7, 11) is -0.00309. The van der Waals surface area contributed by atoms with Crippen molar-refractivity contribution in [2.45, 2.75) is 12.0 Å². The summed E-state index contributed by atoms with van der Waals surface area (Å²) in [6, 6.07) is 4.00. The summed E-state index contributed by atoms with van der Waals surface area (Å²) in [6.45, 7) is 2.19. The maximum absolute atomic E-state index is 5.21. The number of furan rings is 1. The molecule has 2 heteroatoms. The van der Waals surface area contributed by atoms with Crippen LogP contribution >= 0.6 is 10.9 Å². The molecule has 9 heavy (non-hydrogen) atoms. The molecule has 0 aliphatic carbocycles. The highest BCUT2D eigenvalue weighted by Gasteiger charge is 1.98. The van der Waals surface area contributed by atoms with E-state index >= 15 is 0 Å². The third-order valence-corrected chi connectivity index (χ3v) is 3.31. The lowest BCUT2D eigenvalue weighted by molar-refractivity contribution is 0.473. The van der Waals surface area contributed by atoms with Gasteiger partial charge >= 0.3 is 0 Å². The Hall–Kier alpha value is -0.370. The van der Waals surface area contributed by atoms with Crippen LogP contribution in [0.15, 0.2) is 27.9 Å². The molecule has 0 spiro atoms. The minimum Gasteiger partial charge on any atom is -0.460 e. The summed E-state index contributed by atoms with van der Waals surface area (Å²) < 4.78 is 5.21. The van der Waals surface area contributed by atoms with Gasteiger partial charge in [-0.3, -0.25) is 0 Å². The first kappa shape index (κ1) is 6.75. The number of hydrogen-bond acceptors (Lipinski definition) is 1. The van der Waals surface area contributed by atoms with Crippen molar-refractivity contribution in [3.05, 3.63) is 18.4 Å². The van der Waals surface area contributed by atoms with E-state index in [0.717, 1.165) is 5.09 Å². The zero-order valence-corrected chi connectivity index (χ0v) is 6.69. The van der Waals surface area contributed by atoms with E-state index in [1.807, 2.05) is 6.07 Å². The summed E-state index contributed by atoms with van der Waals surface area (Å²) in [5.41, 5.74) is 0. The predicted molar refractivity (Wildman–Crippen MR) is 42.4 cm³/mol. The van der Waals surface area contributed by atoms with Gasteiger partial charge in [0.05, 0.1) is 6.26 Å². The highest BCUT2D eigenvalue weighted by atomic mass is 32.2. The van der Waals surface area contributed by atoms with Gasteiger partial charge in [0.25, 0.3) is 0 Å². The molecule has 1 aromatic rings. The van der Waals surface area contributed by atoms with Crippen LogP contribution in [0.4, 0.5) is 0 Å². The minimum atomic E-state index is -0.00309. The van der Waals surface area contributed by atoms with Gasteiger partial charge in [-0.1, -0.05) is 6.92 Å². The molecule has 0 fully saturated rings. The molecule has 1 unspecified atom stereocenters. The van der Waals surface area contributed by atoms with Gasteiger partial charge in [0.15, 0.2) is 0 Å². The average molecular weight is 144 g/mol. The van der Waals surface area contributed by atoms with Crippen molar-refractivity contribution >= 4 is 10.9 Å². The van der Waals surface area contributed by atoms with E-state index in [-0.39, 0.29) is 10.9 Å². The first-order valence-electron chi connectivity index (χ1n) is 3.09. The molecule has 0 amide bonds. The van der Waals surface area contributed by atoms with Crippen molar-refractivity contribution in [2.75, 3.05) is 12.0 Å². The quantitative estimate of drug-likeness (QED) is 0.628. The molecule has 0 aromatic carbocycles. The van der Waals surface area contributed by atoms with E-state index in [1.54, 1.807) is 6.26 Å². The first-order chi connectivity index (χ1) is 4.34. The zero-order chi connectivity index (χ0) is 6.69. The van der Waals surface area contributed by atoms with Gasteiger partial charge in [-0.25, -0.2) is 0 Å². The molecule has 1 heterocycles. The highest BCUT2D eigenvalue weighted by Crippen LogP contribution is 2.31. The van der Waals surface area contributed by atoms with E-state index in [4.69, 9.17) is 4.42 Å². The van der Waals surface area contributed by atoms with E-state index in [2.05, 4.69) is 19.2 Å². The largest absolute Gasteiger partial charge is 0.460 e. The summed E-state index contributed by atoms with van der Waals surface area (Å²) in [4.78, 5) is 0. The molecule has 0 aliphatic rings. The van der Waals surface area contributed by atoms with Gasteiger partial charge < -0.3 is 4.42 Å². The molecule has 0 N–H and O–H groups in total. The Morgan fingerprint density at radius 2 is 2.44 bits per heavy atom. The van der Waals surface area contributed by atoms with Gasteiger partial charge in [-0.15, -0.1) is 0 Å². The Balaban J connectivity index is 2.65. The van der Waals surface area contributed by atoms with Crippen LogP contribution in [-0.4, -0.2) is 12.0 Å². The van der Waals surface area contributed by atoms with Crippen LogP contribution in [0.1, 0.15) is 6.92 Å². The predicted octanol–water partition coefficient (Wildman–Crippen LogP) is 2.29. The van der Waals surface area contributed by atoms with Gasteiger partial charge in [0.2, 0.25) is 0 Å². The van der Waals surface area contributed by atoms with E-state index in [1.165, 1.54) is 5.75 Å². The fourth-order valence-electron chi connectivity index (χ4n) is 0.643. The normalized spacial score (nSPS) is 15.6. The minimum absolute atomic E-state index is 0.00309. The van der Waals surface area contributed by atoms with Crippen LogP contribution in [0.2, 0.25) is 0 Å². The molecule has 1 nitrogen and oxygen atoms in total. The standard InChI is InChI=1S/C7H12OS/c1-3-9(2)7-5-4-6-8-7/h4-6,9H,3H2,1-2H3. The van der Waals surface area contributed by atoms with Crippen molar-refractivity contribution in [3.8, 4) is 0 Å². The number of thiol groups is 1. The maximum Gasteiger partial charge on any atom is 0.140 e. The fourth-order valence-corrected chi connectivity index (χ4v) is 1.54. The lowest BCUT2D eigenvalue weighted by Gasteiger charge is -2.07. The van der Waals surface area contributed by atoms with E-state index in [0.29, 0.717) is 0 Å². The summed E-state index contributed by atoms with van der Waals surface area (Å²) in [5.74, 6) is 1.21. The van der Waals surface area contributed by atoms with Crippen LogP contribution in [0.25, 0.3) is 0 Å². The zero-order valence-electron chi connectivity index (χ0n) is 5.79. The highest BCUT2D eigenvalue weighted by molar-refractivity contribution is 8.16. The van der Waals surface area contributed by atoms with Crippen LogP contribution in [0, 0.1) is 0 Å². The third-order valence-electron chi connectivity index (χ3n) is 1.36. The Morgan fingerprint density at radius 3 is 2.89 bits per heavy atom. The molecule has 0 bridgehead atoms. The maximum atomic E-state index is 5.21. The van der Waals surface area contributed by atoms with E-state index in [9.17, 15) is 0 Å². The second kappa shape index (κ2) is 2.97. The Bertz CT molecular complexity index is 157. The molecule has 0 radical (unpaired) electrons. The van der Waals surface area contributed by atoms with Crippen molar-refractivity contribution < 1.29 is 4.42 Å². The molecular weight excluding hydrogens is 132 g/mol.